The number of nitrogens with one attached hydrogen (secondary N) is 1. The van der Waals surface area contributed by atoms with E-state index in [1.807, 2.05) is 11.8 Å². The number of unbranched alkanes of at least 4 members (excludes halogenated alkanes) is 1. The summed E-state index contributed by atoms with van der Waals surface area (Å²) in [6.07, 6.45) is 3.65. The van der Waals surface area contributed by atoms with E-state index in [4.69, 9.17) is 9.73 Å². The molecule has 2 aliphatic heterocycles. The first-order valence-corrected chi connectivity index (χ1v) is 11.8. The second-order valence-electron chi connectivity index (χ2n) is 7.62. The van der Waals surface area contributed by atoms with Crippen molar-refractivity contribution in [2.24, 2.45) is 10.9 Å². The first-order valence-electron chi connectivity index (χ1n) is 10.9. The Morgan fingerprint density at radius 2 is 2.00 bits per heavy atom. The molecule has 1 N–H and O–H groups in total. The zero-order valence-electron chi connectivity index (χ0n) is 17.3. The van der Waals surface area contributed by atoms with Crippen LogP contribution in [-0.2, 0) is 4.74 Å². The van der Waals surface area contributed by atoms with Gasteiger partial charge in [0.1, 0.15) is 0 Å². The van der Waals surface area contributed by atoms with Gasteiger partial charge < -0.3 is 15.0 Å². The maximum absolute atomic E-state index is 5.41. The lowest BCUT2D eigenvalue weighted by Gasteiger charge is -2.26. The maximum atomic E-state index is 5.41. The summed E-state index contributed by atoms with van der Waals surface area (Å²) in [5, 5.41) is 3.50. The molecule has 1 atom stereocenters. The van der Waals surface area contributed by atoms with Gasteiger partial charge in [-0.1, -0.05) is 18.2 Å². The van der Waals surface area contributed by atoms with E-state index < -0.39 is 0 Å². The van der Waals surface area contributed by atoms with Gasteiger partial charge in [0, 0.05) is 49.9 Å². The average molecular weight is 405 g/mol. The molecule has 1 aromatic carbocycles. The number of ether oxygens (including phenoxy) is 1. The molecule has 2 heterocycles. The van der Waals surface area contributed by atoms with E-state index in [0.717, 1.165) is 70.8 Å². The van der Waals surface area contributed by atoms with E-state index in [1.165, 1.54) is 30.0 Å². The van der Waals surface area contributed by atoms with Crippen LogP contribution in [0.4, 0.5) is 0 Å². The van der Waals surface area contributed by atoms with Gasteiger partial charge in [-0.3, -0.25) is 9.89 Å². The van der Waals surface area contributed by atoms with Gasteiger partial charge in [-0.25, -0.2) is 0 Å². The minimum Gasteiger partial charge on any atom is -0.379 e. The SMILES string of the molecule is CCNC(=NCCCCN1CCOCC1)N1CCC(CSc2ccccc2)C1. The number of likely N-dealkylation sites (tertiary alicyclic amines) is 1. The second-order valence-corrected chi connectivity index (χ2v) is 8.71. The van der Waals surface area contributed by atoms with Gasteiger partial charge in [-0.2, -0.15) is 0 Å². The number of morpholine rings is 1. The van der Waals surface area contributed by atoms with Gasteiger partial charge in [0.2, 0.25) is 0 Å². The van der Waals surface area contributed by atoms with Gasteiger partial charge >= 0.3 is 0 Å². The van der Waals surface area contributed by atoms with E-state index in [0.29, 0.717) is 0 Å². The highest BCUT2D eigenvalue weighted by Gasteiger charge is 2.24. The first kappa shape index (κ1) is 21.5. The van der Waals surface area contributed by atoms with E-state index in [-0.39, 0.29) is 0 Å². The van der Waals surface area contributed by atoms with Crippen LogP contribution in [0.25, 0.3) is 0 Å². The smallest absolute Gasteiger partial charge is 0.193 e. The Kier molecular flexibility index (Phi) is 9.47. The van der Waals surface area contributed by atoms with Crippen molar-refractivity contribution in [1.82, 2.24) is 15.1 Å². The van der Waals surface area contributed by atoms with E-state index in [9.17, 15) is 0 Å². The number of rotatable bonds is 9. The molecule has 1 unspecified atom stereocenters. The minimum absolute atomic E-state index is 0.746. The Morgan fingerprint density at radius 1 is 1.18 bits per heavy atom. The molecule has 2 saturated heterocycles. The minimum atomic E-state index is 0.746. The van der Waals surface area contributed by atoms with Crippen molar-refractivity contribution in [2.45, 2.75) is 31.1 Å². The fourth-order valence-corrected chi connectivity index (χ4v) is 4.82. The van der Waals surface area contributed by atoms with Crippen LogP contribution in [0.1, 0.15) is 26.2 Å². The zero-order chi connectivity index (χ0) is 19.4. The third-order valence-corrected chi connectivity index (χ3v) is 6.64. The predicted molar refractivity (Wildman–Crippen MR) is 119 cm³/mol. The van der Waals surface area contributed by atoms with Crippen molar-refractivity contribution < 1.29 is 4.74 Å². The lowest BCUT2D eigenvalue weighted by Crippen LogP contribution is -2.40. The van der Waals surface area contributed by atoms with Gasteiger partial charge in [-0.05, 0) is 50.8 Å². The summed E-state index contributed by atoms with van der Waals surface area (Å²) in [6, 6.07) is 10.7. The first-order chi connectivity index (χ1) is 13.8. The van der Waals surface area contributed by atoms with E-state index in [2.05, 4.69) is 52.4 Å². The highest BCUT2D eigenvalue weighted by molar-refractivity contribution is 7.99. The summed E-state index contributed by atoms with van der Waals surface area (Å²) in [4.78, 5) is 11.3. The third-order valence-electron chi connectivity index (χ3n) is 5.40. The standard InChI is InChI=1S/C22H36N4OS/c1-2-23-22(24-11-6-7-12-25-14-16-27-17-15-25)26-13-10-20(18-26)19-28-21-8-4-3-5-9-21/h3-5,8-9,20H,2,6-7,10-19H2,1H3,(H,23,24). The van der Waals surface area contributed by atoms with Crippen molar-refractivity contribution in [3.05, 3.63) is 30.3 Å². The van der Waals surface area contributed by atoms with Crippen LogP contribution < -0.4 is 5.32 Å². The molecule has 0 aliphatic carbocycles. The number of benzene rings is 1. The van der Waals surface area contributed by atoms with Crippen LogP contribution in [-0.4, -0.2) is 80.5 Å². The van der Waals surface area contributed by atoms with Crippen LogP contribution in [0, 0.1) is 5.92 Å². The fourth-order valence-electron chi connectivity index (χ4n) is 3.77. The number of hydrogen-bond acceptors (Lipinski definition) is 4. The summed E-state index contributed by atoms with van der Waals surface area (Å²) in [5.74, 6) is 3.05. The van der Waals surface area contributed by atoms with Crippen LogP contribution in [0.2, 0.25) is 0 Å². The normalized spacial score (nSPS) is 21.2. The van der Waals surface area contributed by atoms with Crippen LogP contribution >= 0.6 is 11.8 Å². The largest absolute Gasteiger partial charge is 0.379 e. The molecule has 3 rings (SSSR count). The van der Waals surface area contributed by atoms with Crippen molar-refractivity contribution >= 4 is 17.7 Å². The predicted octanol–water partition coefficient (Wildman–Crippen LogP) is 3.18. The molecule has 0 aromatic heterocycles. The van der Waals surface area contributed by atoms with E-state index in [1.54, 1.807) is 0 Å². The van der Waals surface area contributed by atoms with Crippen molar-refractivity contribution in [3.8, 4) is 0 Å². The topological polar surface area (TPSA) is 40.1 Å². The summed E-state index contributed by atoms with van der Waals surface area (Å²) in [7, 11) is 0. The Morgan fingerprint density at radius 3 is 2.79 bits per heavy atom. The Labute approximate surface area is 174 Å². The van der Waals surface area contributed by atoms with Crippen molar-refractivity contribution in [3.63, 3.8) is 0 Å². The maximum Gasteiger partial charge on any atom is 0.193 e. The molecular formula is C22H36N4OS. The number of guanidine groups is 1. The summed E-state index contributed by atoms with van der Waals surface area (Å²) in [6.45, 7) is 11.4. The summed E-state index contributed by atoms with van der Waals surface area (Å²) in [5.41, 5.74) is 0. The van der Waals surface area contributed by atoms with Gasteiger partial charge in [0.25, 0.3) is 0 Å². The van der Waals surface area contributed by atoms with Gasteiger partial charge in [0.05, 0.1) is 13.2 Å². The number of aliphatic imine (C=N–C) groups is 1. The molecule has 1 aromatic rings. The van der Waals surface area contributed by atoms with E-state index >= 15 is 0 Å². The number of nitrogens with zero attached hydrogens (tertiary/aromatic N) is 3. The molecule has 0 amide bonds. The molecule has 6 heteroatoms. The number of hydrogen-bond donors (Lipinski definition) is 1. The Balaban J connectivity index is 1.37. The molecule has 2 aliphatic rings. The Hall–Kier alpha value is -1.24. The monoisotopic (exact) mass is 404 g/mol. The highest BCUT2D eigenvalue weighted by Crippen LogP contribution is 2.25. The average Bonchev–Trinajstić information content (AvgIpc) is 3.22. The molecule has 156 valence electrons. The van der Waals surface area contributed by atoms with Crippen LogP contribution in [0.15, 0.2) is 40.2 Å². The van der Waals surface area contributed by atoms with Gasteiger partial charge in [-0.15, -0.1) is 11.8 Å². The molecule has 0 spiro atoms. The van der Waals surface area contributed by atoms with Gasteiger partial charge in [0.15, 0.2) is 5.96 Å². The molecule has 5 nitrogen and oxygen atoms in total. The summed E-state index contributed by atoms with van der Waals surface area (Å²) >= 11 is 1.98. The number of thioether (sulfide) groups is 1. The lowest BCUT2D eigenvalue weighted by atomic mass is 10.2. The van der Waals surface area contributed by atoms with Crippen molar-refractivity contribution in [2.75, 3.05) is 64.8 Å². The quantitative estimate of drug-likeness (QED) is 0.296. The fraction of sp³-hybridized carbons (Fsp3) is 0.682. The molecule has 0 saturated carbocycles. The highest BCUT2D eigenvalue weighted by atomic mass is 32.2. The molecule has 2 fully saturated rings. The zero-order valence-corrected chi connectivity index (χ0v) is 18.1. The summed E-state index contributed by atoms with van der Waals surface area (Å²) < 4.78 is 5.41. The molecule has 0 radical (unpaired) electrons. The molecular weight excluding hydrogens is 368 g/mol. The van der Waals surface area contributed by atoms with Crippen molar-refractivity contribution in [1.29, 1.82) is 0 Å². The van der Waals surface area contributed by atoms with Crippen LogP contribution in [0.3, 0.4) is 0 Å². The second kappa shape index (κ2) is 12.3. The van der Waals surface area contributed by atoms with Crippen LogP contribution in [0.5, 0.6) is 0 Å². The lowest BCUT2D eigenvalue weighted by molar-refractivity contribution is 0.0373. The molecule has 0 bridgehead atoms. The third kappa shape index (κ3) is 7.30. The molecule has 28 heavy (non-hydrogen) atoms. The Bertz CT molecular complexity index is 577.